The summed E-state index contributed by atoms with van der Waals surface area (Å²) in [6.45, 7) is 3.99. The second-order valence-electron chi connectivity index (χ2n) is 9.04. The lowest BCUT2D eigenvalue weighted by molar-refractivity contribution is 0.191. The highest BCUT2D eigenvalue weighted by Crippen LogP contribution is 2.26. The molecule has 1 saturated heterocycles. The van der Waals surface area contributed by atoms with Crippen molar-refractivity contribution in [3.8, 4) is 0 Å². The van der Waals surface area contributed by atoms with Crippen molar-refractivity contribution in [2.75, 3.05) is 36.4 Å². The van der Waals surface area contributed by atoms with Crippen LogP contribution >= 0.6 is 23.3 Å². The zero-order chi connectivity index (χ0) is 24.7. The first-order valence-electron chi connectivity index (χ1n) is 12.2. The largest absolute Gasteiger partial charge is 0.397 e. The highest BCUT2D eigenvalue weighted by Gasteiger charge is 2.22. The van der Waals surface area contributed by atoms with E-state index in [0.29, 0.717) is 17.3 Å². The van der Waals surface area contributed by atoms with Gasteiger partial charge < -0.3 is 20.5 Å². The SMILES string of the molecule is Nc1ccncc1NC(=O)NSCCN1CCC(Cc2nc3ccccc3n2Cc2cccs2)CC1. The number of benzene rings is 1. The molecule has 2 amide bonds. The number of nitrogens with two attached hydrogens (primary N) is 1. The number of carbonyl (C=O) groups is 1. The maximum absolute atomic E-state index is 12.1. The van der Waals surface area contributed by atoms with Gasteiger partial charge in [-0.05, 0) is 73.4 Å². The van der Waals surface area contributed by atoms with Crippen molar-refractivity contribution in [3.63, 3.8) is 0 Å². The van der Waals surface area contributed by atoms with Gasteiger partial charge in [-0.15, -0.1) is 11.3 Å². The number of carbonyl (C=O) groups excluding carboxylic acids is 1. The van der Waals surface area contributed by atoms with Crippen molar-refractivity contribution < 1.29 is 4.79 Å². The van der Waals surface area contributed by atoms with Crippen molar-refractivity contribution in [3.05, 3.63) is 70.9 Å². The molecule has 0 bridgehead atoms. The highest BCUT2D eigenvalue weighted by atomic mass is 32.2. The number of hydrogen-bond acceptors (Lipinski definition) is 7. The van der Waals surface area contributed by atoms with Crippen LogP contribution in [0.1, 0.15) is 23.5 Å². The minimum absolute atomic E-state index is 0.288. The Kier molecular flexibility index (Phi) is 8.04. The number of likely N-dealkylation sites (tertiary alicyclic amines) is 1. The fourth-order valence-corrected chi connectivity index (χ4v) is 5.96. The molecule has 5 rings (SSSR count). The molecule has 0 unspecified atom stereocenters. The summed E-state index contributed by atoms with van der Waals surface area (Å²) in [5.41, 5.74) is 9.15. The molecule has 1 aliphatic rings. The maximum atomic E-state index is 12.1. The van der Waals surface area contributed by atoms with Gasteiger partial charge in [0.2, 0.25) is 0 Å². The number of aromatic nitrogens is 3. The van der Waals surface area contributed by atoms with Crippen molar-refractivity contribution in [1.29, 1.82) is 0 Å². The summed E-state index contributed by atoms with van der Waals surface area (Å²) in [5, 5.41) is 4.87. The molecule has 8 nitrogen and oxygen atoms in total. The number of thiophene rings is 1. The van der Waals surface area contributed by atoms with Crippen LogP contribution in [-0.2, 0) is 13.0 Å². The third kappa shape index (κ3) is 6.18. The lowest BCUT2D eigenvalue weighted by Gasteiger charge is -2.31. The molecule has 0 saturated carbocycles. The summed E-state index contributed by atoms with van der Waals surface area (Å²) in [6.07, 6.45) is 6.49. The summed E-state index contributed by atoms with van der Waals surface area (Å²) in [4.78, 5) is 24.9. The molecule has 3 aromatic heterocycles. The molecular formula is C26H31N7OS2. The number of imidazole rings is 1. The Morgan fingerprint density at radius 3 is 2.83 bits per heavy atom. The Balaban J connectivity index is 1.07. The first-order chi connectivity index (χ1) is 17.7. The van der Waals surface area contributed by atoms with Crippen molar-refractivity contribution >= 4 is 51.7 Å². The van der Waals surface area contributed by atoms with Crippen molar-refractivity contribution in [2.45, 2.75) is 25.8 Å². The lowest BCUT2D eigenvalue weighted by atomic mass is 9.93. The van der Waals surface area contributed by atoms with E-state index in [4.69, 9.17) is 10.7 Å². The van der Waals surface area contributed by atoms with Crippen LogP contribution in [-0.4, -0.2) is 50.9 Å². The Bertz CT molecular complexity index is 1280. The number of hydrogen-bond donors (Lipinski definition) is 3. The molecule has 0 atom stereocenters. The van der Waals surface area contributed by atoms with E-state index in [9.17, 15) is 4.79 Å². The average Bonchev–Trinajstić information content (AvgIpc) is 3.53. The number of fused-ring (bicyclic) bond motifs is 1. The molecule has 36 heavy (non-hydrogen) atoms. The quantitative estimate of drug-likeness (QED) is 0.215. The average molecular weight is 522 g/mol. The smallest absolute Gasteiger partial charge is 0.329 e. The zero-order valence-corrected chi connectivity index (χ0v) is 21.7. The summed E-state index contributed by atoms with van der Waals surface area (Å²) in [7, 11) is 0. The van der Waals surface area contributed by atoms with Crippen LogP contribution in [0, 0.1) is 5.92 Å². The molecule has 10 heteroatoms. The number of para-hydroxylation sites is 2. The number of nitrogens with zero attached hydrogens (tertiary/aromatic N) is 4. The third-order valence-corrected chi connectivity index (χ3v) is 8.16. The van der Waals surface area contributed by atoms with E-state index in [-0.39, 0.29) is 6.03 Å². The second-order valence-corrected chi connectivity index (χ2v) is 11.0. The van der Waals surface area contributed by atoms with Gasteiger partial charge in [-0.3, -0.25) is 9.71 Å². The van der Waals surface area contributed by atoms with Gasteiger partial charge in [0.25, 0.3) is 0 Å². The highest BCUT2D eigenvalue weighted by molar-refractivity contribution is 7.97. The van der Waals surface area contributed by atoms with E-state index in [0.717, 1.165) is 43.9 Å². The normalized spacial score (nSPS) is 14.8. The van der Waals surface area contributed by atoms with Gasteiger partial charge in [-0.25, -0.2) is 9.78 Å². The van der Waals surface area contributed by atoms with E-state index < -0.39 is 0 Å². The minimum Gasteiger partial charge on any atom is -0.397 e. The molecule has 0 radical (unpaired) electrons. The number of nitrogens with one attached hydrogen (secondary N) is 2. The molecule has 4 aromatic rings. The summed E-state index contributed by atoms with van der Waals surface area (Å²) in [6, 6.07) is 14.1. The van der Waals surface area contributed by atoms with Gasteiger partial charge in [-0.2, -0.15) is 0 Å². The van der Waals surface area contributed by atoms with Gasteiger partial charge >= 0.3 is 6.03 Å². The van der Waals surface area contributed by atoms with Gasteiger partial charge in [-0.1, -0.05) is 18.2 Å². The Labute approximate surface area is 219 Å². The number of urea groups is 1. The van der Waals surface area contributed by atoms with E-state index in [1.54, 1.807) is 29.8 Å². The third-order valence-electron chi connectivity index (χ3n) is 6.58. The van der Waals surface area contributed by atoms with E-state index in [1.165, 1.54) is 41.0 Å². The Hall–Kier alpha value is -3.08. The topological polar surface area (TPSA) is 101 Å². The first-order valence-corrected chi connectivity index (χ1v) is 14.1. The summed E-state index contributed by atoms with van der Waals surface area (Å²) in [5.74, 6) is 2.67. The predicted molar refractivity (Wildman–Crippen MR) is 149 cm³/mol. The monoisotopic (exact) mass is 521 g/mol. The molecule has 1 aromatic carbocycles. The zero-order valence-electron chi connectivity index (χ0n) is 20.1. The van der Waals surface area contributed by atoms with Crippen LogP contribution in [0.4, 0.5) is 16.2 Å². The van der Waals surface area contributed by atoms with Crippen LogP contribution in [0.15, 0.2) is 60.2 Å². The van der Waals surface area contributed by atoms with E-state index in [2.05, 4.69) is 66.3 Å². The van der Waals surface area contributed by atoms with Gasteiger partial charge in [0.05, 0.1) is 35.1 Å². The molecular weight excluding hydrogens is 490 g/mol. The van der Waals surface area contributed by atoms with Crippen LogP contribution in [0.2, 0.25) is 0 Å². The number of nitrogen functional groups attached to an aromatic ring is 1. The summed E-state index contributed by atoms with van der Waals surface area (Å²) >= 11 is 3.21. The van der Waals surface area contributed by atoms with Crippen LogP contribution in [0.5, 0.6) is 0 Å². The molecule has 1 fully saturated rings. The predicted octanol–water partition coefficient (Wildman–Crippen LogP) is 4.85. The number of rotatable bonds is 9. The van der Waals surface area contributed by atoms with Gasteiger partial charge in [0, 0.05) is 29.8 Å². The molecule has 4 N–H and O–H groups in total. The molecule has 0 spiro atoms. The fourth-order valence-electron chi connectivity index (χ4n) is 4.64. The molecule has 188 valence electrons. The standard InChI is InChI=1S/C26H31N7OS2/c27-21-7-10-28-17-23(21)30-26(34)31-36-15-13-32-11-8-19(9-12-32)16-25-29-22-5-1-2-6-24(22)33(25)18-20-4-3-14-35-20/h1-7,10,14,17,19H,8-9,11-13,15-16,18H2,(H2,27,28)(H2,30,31,34). The second kappa shape index (κ2) is 11.8. The Morgan fingerprint density at radius 2 is 2.03 bits per heavy atom. The van der Waals surface area contributed by atoms with Crippen molar-refractivity contribution in [1.82, 2.24) is 24.2 Å². The van der Waals surface area contributed by atoms with Crippen molar-refractivity contribution in [2.24, 2.45) is 5.92 Å². The first kappa shape index (κ1) is 24.6. The van der Waals surface area contributed by atoms with Crippen LogP contribution in [0.3, 0.4) is 0 Å². The molecule has 1 aliphatic heterocycles. The van der Waals surface area contributed by atoms with E-state index in [1.807, 2.05) is 0 Å². The maximum Gasteiger partial charge on any atom is 0.329 e. The van der Waals surface area contributed by atoms with Crippen LogP contribution in [0.25, 0.3) is 11.0 Å². The number of piperidine rings is 1. The Morgan fingerprint density at radius 1 is 1.17 bits per heavy atom. The molecule has 4 heterocycles. The fraction of sp³-hybridized carbons (Fsp3) is 0.346. The number of pyridine rings is 1. The minimum atomic E-state index is -0.288. The number of anilines is 2. The molecule has 0 aliphatic carbocycles. The van der Waals surface area contributed by atoms with Crippen LogP contribution < -0.4 is 15.8 Å². The lowest BCUT2D eigenvalue weighted by Crippen LogP contribution is -2.36. The summed E-state index contributed by atoms with van der Waals surface area (Å²) < 4.78 is 5.23. The van der Waals surface area contributed by atoms with Gasteiger partial charge in [0.1, 0.15) is 5.82 Å². The number of amides is 2. The van der Waals surface area contributed by atoms with E-state index >= 15 is 0 Å². The van der Waals surface area contributed by atoms with Gasteiger partial charge in [0.15, 0.2) is 0 Å².